The van der Waals surface area contributed by atoms with Crippen LogP contribution >= 0.6 is 0 Å². The normalized spacial score (nSPS) is 11.4. The van der Waals surface area contributed by atoms with Crippen LogP contribution in [0.5, 0.6) is 0 Å². The molecule has 0 aliphatic rings. The largest absolute Gasteiger partial charge is 0.416 e. The Kier molecular flexibility index (Phi) is 4.70. The number of benzene rings is 2. The maximum Gasteiger partial charge on any atom is 0.416 e. The number of rotatable bonds is 4. The van der Waals surface area contributed by atoms with Gasteiger partial charge in [0.15, 0.2) is 5.82 Å². The van der Waals surface area contributed by atoms with Gasteiger partial charge in [0.1, 0.15) is 0 Å². The highest BCUT2D eigenvalue weighted by Gasteiger charge is 2.30. The SMILES string of the molecule is CCc1nnnn1-c1ccccc1NC(=O)c1ccc(C(F)(F)F)cc1. The first-order chi connectivity index (χ1) is 12.4. The number of hydrogen-bond acceptors (Lipinski definition) is 4. The summed E-state index contributed by atoms with van der Waals surface area (Å²) in [4.78, 5) is 12.4. The minimum atomic E-state index is -4.45. The lowest BCUT2D eigenvalue weighted by Crippen LogP contribution is -2.15. The third-order valence-electron chi connectivity index (χ3n) is 3.71. The van der Waals surface area contributed by atoms with Gasteiger partial charge in [0.2, 0.25) is 0 Å². The molecule has 1 heterocycles. The highest BCUT2D eigenvalue weighted by molar-refractivity contribution is 6.05. The van der Waals surface area contributed by atoms with Crippen molar-refractivity contribution in [2.45, 2.75) is 19.5 Å². The lowest BCUT2D eigenvalue weighted by Gasteiger charge is -2.12. The third kappa shape index (κ3) is 3.56. The van der Waals surface area contributed by atoms with Crippen molar-refractivity contribution in [3.8, 4) is 5.69 Å². The van der Waals surface area contributed by atoms with Crippen molar-refractivity contribution in [3.05, 3.63) is 65.5 Å². The molecule has 0 spiro atoms. The molecule has 1 aromatic heterocycles. The Morgan fingerprint density at radius 2 is 1.81 bits per heavy atom. The van der Waals surface area contributed by atoms with Crippen molar-refractivity contribution in [2.24, 2.45) is 0 Å². The predicted molar refractivity (Wildman–Crippen MR) is 87.9 cm³/mol. The molecule has 1 N–H and O–H groups in total. The minimum Gasteiger partial charge on any atom is -0.320 e. The Labute approximate surface area is 146 Å². The lowest BCUT2D eigenvalue weighted by molar-refractivity contribution is -0.137. The fourth-order valence-electron chi connectivity index (χ4n) is 2.38. The summed E-state index contributed by atoms with van der Waals surface area (Å²) in [7, 11) is 0. The number of nitrogens with zero attached hydrogens (tertiary/aromatic N) is 4. The first-order valence-corrected chi connectivity index (χ1v) is 7.75. The second-order valence-corrected chi connectivity index (χ2v) is 5.41. The summed E-state index contributed by atoms with van der Waals surface area (Å²) < 4.78 is 39.4. The molecule has 134 valence electrons. The second kappa shape index (κ2) is 6.95. The molecular weight excluding hydrogens is 347 g/mol. The summed E-state index contributed by atoms with van der Waals surface area (Å²) in [5.41, 5.74) is 0.310. The first-order valence-electron chi connectivity index (χ1n) is 7.75. The molecule has 9 heteroatoms. The van der Waals surface area contributed by atoms with Gasteiger partial charge in [-0.25, -0.2) is 0 Å². The van der Waals surface area contributed by atoms with Crippen molar-refractivity contribution in [3.63, 3.8) is 0 Å². The van der Waals surface area contributed by atoms with E-state index in [2.05, 4.69) is 20.8 Å². The number of carbonyl (C=O) groups is 1. The number of nitrogens with one attached hydrogen (secondary N) is 1. The highest BCUT2D eigenvalue weighted by atomic mass is 19.4. The number of hydrogen-bond donors (Lipinski definition) is 1. The van der Waals surface area contributed by atoms with Crippen LogP contribution in [0.15, 0.2) is 48.5 Å². The van der Waals surface area contributed by atoms with Crippen molar-refractivity contribution < 1.29 is 18.0 Å². The Morgan fingerprint density at radius 3 is 2.46 bits per heavy atom. The molecule has 26 heavy (non-hydrogen) atoms. The van der Waals surface area contributed by atoms with E-state index in [1.807, 2.05) is 6.92 Å². The summed E-state index contributed by atoms with van der Waals surface area (Å²) in [5.74, 6) is 0.0820. The van der Waals surface area contributed by atoms with E-state index in [1.54, 1.807) is 24.3 Å². The molecule has 1 amide bonds. The molecule has 3 aromatic rings. The van der Waals surface area contributed by atoms with E-state index in [1.165, 1.54) is 4.68 Å². The summed E-state index contributed by atoms with van der Waals surface area (Å²) in [6.45, 7) is 1.89. The number of carbonyl (C=O) groups excluding carboxylic acids is 1. The van der Waals surface area contributed by atoms with Gasteiger partial charge in [0.05, 0.1) is 16.9 Å². The summed E-state index contributed by atoms with van der Waals surface area (Å²) in [6, 6.07) is 10.9. The number of alkyl halides is 3. The van der Waals surface area contributed by atoms with Crippen molar-refractivity contribution in [1.82, 2.24) is 20.2 Å². The molecule has 0 unspecified atom stereocenters. The minimum absolute atomic E-state index is 0.111. The molecule has 0 aliphatic heterocycles. The molecule has 0 bridgehead atoms. The summed E-state index contributed by atoms with van der Waals surface area (Å²) >= 11 is 0. The highest BCUT2D eigenvalue weighted by Crippen LogP contribution is 2.29. The van der Waals surface area contributed by atoms with Crippen LogP contribution in [0.3, 0.4) is 0 Å². The molecule has 3 rings (SSSR count). The average Bonchev–Trinajstić information content (AvgIpc) is 3.10. The predicted octanol–water partition coefficient (Wildman–Crippen LogP) is 3.50. The number of aryl methyl sites for hydroxylation is 1. The van der Waals surface area contributed by atoms with Crippen LogP contribution in [0.1, 0.15) is 28.7 Å². The summed E-state index contributed by atoms with van der Waals surface area (Å²) in [5, 5.41) is 14.1. The number of anilines is 1. The van der Waals surface area contributed by atoms with Gasteiger partial charge in [-0.15, -0.1) is 5.10 Å². The zero-order chi connectivity index (χ0) is 18.7. The fourth-order valence-corrected chi connectivity index (χ4v) is 2.38. The number of amides is 1. The van der Waals surface area contributed by atoms with Gasteiger partial charge in [-0.3, -0.25) is 4.79 Å². The van der Waals surface area contributed by atoms with Gasteiger partial charge in [-0.1, -0.05) is 19.1 Å². The van der Waals surface area contributed by atoms with Crippen LogP contribution in [0, 0.1) is 0 Å². The fraction of sp³-hybridized carbons (Fsp3) is 0.176. The van der Waals surface area contributed by atoms with E-state index >= 15 is 0 Å². The summed E-state index contributed by atoms with van der Waals surface area (Å²) in [6.07, 6.45) is -3.85. The zero-order valence-electron chi connectivity index (χ0n) is 13.7. The van der Waals surface area contributed by atoms with Crippen LogP contribution in [0.4, 0.5) is 18.9 Å². The van der Waals surface area contributed by atoms with E-state index in [0.717, 1.165) is 24.3 Å². The van der Waals surface area contributed by atoms with E-state index in [0.29, 0.717) is 23.6 Å². The maximum atomic E-state index is 12.6. The number of aromatic nitrogens is 4. The maximum absolute atomic E-state index is 12.6. The van der Waals surface area contributed by atoms with Crippen LogP contribution < -0.4 is 5.32 Å². The van der Waals surface area contributed by atoms with E-state index in [9.17, 15) is 18.0 Å². The van der Waals surface area contributed by atoms with Crippen LogP contribution in [0.2, 0.25) is 0 Å². The number of para-hydroxylation sites is 2. The molecule has 0 aliphatic carbocycles. The standard InChI is InChI=1S/C17H14F3N5O/c1-2-15-22-23-24-25(15)14-6-4-3-5-13(14)21-16(26)11-7-9-12(10-8-11)17(18,19)20/h3-10H,2H2,1H3,(H,21,26). The van der Waals surface area contributed by atoms with Gasteiger partial charge in [0, 0.05) is 12.0 Å². The van der Waals surface area contributed by atoms with Crippen LogP contribution in [-0.4, -0.2) is 26.1 Å². The first kappa shape index (κ1) is 17.6. The molecule has 0 saturated carbocycles. The Morgan fingerprint density at radius 1 is 1.12 bits per heavy atom. The van der Waals surface area contributed by atoms with Gasteiger partial charge < -0.3 is 5.32 Å². The van der Waals surface area contributed by atoms with Crippen LogP contribution in [-0.2, 0) is 12.6 Å². The molecule has 6 nitrogen and oxygen atoms in total. The molecule has 0 radical (unpaired) electrons. The van der Waals surface area contributed by atoms with Crippen LogP contribution in [0.25, 0.3) is 5.69 Å². The van der Waals surface area contributed by atoms with E-state index < -0.39 is 17.6 Å². The van der Waals surface area contributed by atoms with Crippen molar-refractivity contribution in [1.29, 1.82) is 0 Å². The lowest BCUT2D eigenvalue weighted by atomic mass is 10.1. The molecule has 2 aromatic carbocycles. The quantitative estimate of drug-likeness (QED) is 0.772. The Bertz CT molecular complexity index is 919. The monoisotopic (exact) mass is 361 g/mol. The smallest absolute Gasteiger partial charge is 0.320 e. The molecule has 0 atom stereocenters. The Hall–Kier alpha value is -3.23. The average molecular weight is 361 g/mol. The van der Waals surface area contributed by atoms with Crippen molar-refractivity contribution >= 4 is 11.6 Å². The zero-order valence-corrected chi connectivity index (χ0v) is 13.7. The molecular formula is C17H14F3N5O. The van der Waals surface area contributed by atoms with E-state index in [-0.39, 0.29) is 5.56 Å². The van der Waals surface area contributed by atoms with Gasteiger partial charge in [-0.2, -0.15) is 17.9 Å². The van der Waals surface area contributed by atoms with Crippen molar-refractivity contribution in [2.75, 3.05) is 5.32 Å². The van der Waals surface area contributed by atoms with Gasteiger partial charge >= 0.3 is 6.18 Å². The topological polar surface area (TPSA) is 72.7 Å². The van der Waals surface area contributed by atoms with Gasteiger partial charge in [-0.05, 0) is 46.8 Å². The van der Waals surface area contributed by atoms with Gasteiger partial charge in [0.25, 0.3) is 5.91 Å². The molecule has 0 fully saturated rings. The number of halogens is 3. The Balaban J connectivity index is 1.87. The van der Waals surface area contributed by atoms with E-state index in [4.69, 9.17) is 0 Å². The second-order valence-electron chi connectivity index (χ2n) is 5.41. The third-order valence-corrected chi connectivity index (χ3v) is 3.71. The molecule has 0 saturated heterocycles. The number of tetrazole rings is 1.